The number of ether oxygens (including phenoxy) is 1. The fraction of sp³-hybridized carbons (Fsp3) is 0.833. The van der Waals surface area contributed by atoms with Gasteiger partial charge in [0.25, 0.3) is 0 Å². The van der Waals surface area contributed by atoms with Crippen LogP contribution < -0.4 is 0 Å². The summed E-state index contributed by atoms with van der Waals surface area (Å²) >= 11 is 0. The lowest BCUT2D eigenvalue weighted by Crippen LogP contribution is -2.56. The van der Waals surface area contributed by atoms with Gasteiger partial charge in [-0.25, -0.2) is 0 Å². The number of halogens is 6. The molecule has 1 N–H and O–H groups in total. The summed E-state index contributed by atoms with van der Waals surface area (Å²) in [7, 11) is 0. The maximum Gasteiger partial charge on any atom is 0.423 e. The molecule has 20 heavy (non-hydrogen) atoms. The molecule has 116 valence electrons. The van der Waals surface area contributed by atoms with Crippen LogP contribution >= 0.6 is 0 Å². The van der Waals surface area contributed by atoms with E-state index in [0.29, 0.717) is 18.8 Å². The average Bonchev–Trinajstić information content (AvgIpc) is 2.87. The molecule has 2 aliphatic carbocycles. The molecule has 2 rings (SSSR count). The van der Waals surface area contributed by atoms with Gasteiger partial charge in [0, 0.05) is 5.41 Å². The third-order valence-corrected chi connectivity index (χ3v) is 3.91. The van der Waals surface area contributed by atoms with Gasteiger partial charge in [0.05, 0.1) is 6.61 Å². The van der Waals surface area contributed by atoms with Crippen LogP contribution in [0.5, 0.6) is 0 Å². The van der Waals surface area contributed by atoms with E-state index in [0.717, 1.165) is 6.42 Å². The van der Waals surface area contributed by atoms with Crippen molar-refractivity contribution in [3.8, 4) is 0 Å². The highest BCUT2D eigenvalue weighted by atomic mass is 19.3. The molecule has 2 nitrogen and oxygen atoms in total. The molecule has 0 aromatic carbocycles. The predicted molar refractivity (Wildman–Crippen MR) is 56.8 cm³/mol. The van der Waals surface area contributed by atoms with E-state index < -0.39 is 30.0 Å². The Morgan fingerprint density at radius 2 is 1.85 bits per heavy atom. The molecule has 0 saturated heterocycles. The third kappa shape index (κ3) is 2.55. The van der Waals surface area contributed by atoms with Gasteiger partial charge < -0.3 is 9.84 Å². The second kappa shape index (κ2) is 4.62. The van der Waals surface area contributed by atoms with Crippen LogP contribution in [0.3, 0.4) is 0 Å². The van der Waals surface area contributed by atoms with E-state index >= 15 is 0 Å². The summed E-state index contributed by atoms with van der Waals surface area (Å²) in [5.41, 5.74) is -0.447. The van der Waals surface area contributed by atoms with Crippen molar-refractivity contribution in [1.82, 2.24) is 0 Å². The number of rotatable bonds is 6. The summed E-state index contributed by atoms with van der Waals surface area (Å²) in [6.45, 7) is -2.08. The zero-order valence-electron chi connectivity index (χ0n) is 10.4. The van der Waals surface area contributed by atoms with E-state index in [1.54, 1.807) is 6.08 Å². The lowest BCUT2D eigenvalue weighted by molar-refractivity contribution is -0.389. The molecule has 0 aromatic heterocycles. The van der Waals surface area contributed by atoms with Gasteiger partial charge in [-0.3, -0.25) is 0 Å². The van der Waals surface area contributed by atoms with E-state index in [4.69, 9.17) is 5.11 Å². The van der Waals surface area contributed by atoms with Gasteiger partial charge in [0.2, 0.25) is 0 Å². The highest BCUT2D eigenvalue weighted by Gasteiger charge is 2.71. The minimum absolute atomic E-state index is 0.220. The smallest absolute Gasteiger partial charge is 0.374 e. The van der Waals surface area contributed by atoms with Crippen LogP contribution in [0.1, 0.15) is 19.3 Å². The lowest BCUT2D eigenvalue weighted by Gasteiger charge is -2.30. The first-order valence-electron chi connectivity index (χ1n) is 6.12. The fourth-order valence-electron chi connectivity index (χ4n) is 2.73. The first-order chi connectivity index (χ1) is 8.99. The molecule has 0 aromatic rings. The molecule has 0 amide bonds. The topological polar surface area (TPSA) is 29.5 Å². The number of aliphatic hydroxyl groups is 1. The summed E-state index contributed by atoms with van der Waals surface area (Å²) in [5.74, 6) is -10.7. The molecular formula is C12H14F6O2. The quantitative estimate of drug-likeness (QED) is 0.603. The molecule has 2 bridgehead atoms. The second-order valence-electron chi connectivity index (χ2n) is 5.54. The Hall–Kier alpha value is -0.760. The van der Waals surface area contributed by atoms with Crippen molar-refractivity contribution in [3.05, 3.63) is 12.2 Å². The Morgan fingerprint density at radius 3 is 2.25 bits per heavy atom. The number of hydrogen-bond donors (Lipinski definition) is 1. The monoisotopic (exact) mass is 304 g/mol. The normalized spacial score (nSPS) is 30.2. The van der Waals surface area contributed by atoms with Gasteiger partial charge >= 0.3 is 18.0 Å². The molecule has 0 aliphatic heterocycles. The van der Waals surface area contributed by atoms with Crippen LogP contribution in [0.2, 0.25) is 0 Å². The number of allylic oxidation sites excluding steroid dienone is 1. The van der Waals surface area contributed by atoms with Crippen molar-refractivity contribution in [2.45, 2.75) is 37.2 Å². The Bertz CT molecular complexity index is 403. The van der Waals surface area contributed by atoms with E-state index in [1.807, 2.05) is 6.08 Å². The number of alkyl halides is 6. The molecule has 1 saturated carbocycles. The fourth-order valence-corrected chi connectivity index (χ4v) is 2.73. The summed E-state index contributed by atoms with van der Waals surface area (Å²) in [5, 5.41) is 7.87. The van der Waals surface area contributed by atoms with Gasteiger partial charge in [-0.1, -0.05) is 12.2 Å². The Kier molecular flexibility index (Phi) is 3.61. The van der Waals surface area contributed by atoms with Gasteiger partial charge in [-0.05, 0) is 25.2 Å². The van der Waals surface area contributed by atoms with Gasteiger partial charge in [-0.15, -0.1) is 0 Å². The average molecular weight is 304 g/mol. The van der Waals surface area contributed by atoms with Crippen LogP contribution in [0, 0.1) is 11.3 Å². The van der Waals surface area contributed by atoms with Crippen molar-refractivity contribution in [2.24, 2.45) is 11.3 Å². The SMILES string of the molecule is OC(F)(F)C(F)(F)C(F)(F)COCC12C=CC(CC1)C2. The minimum atomic E-state index is -5.87. The molecule has 0 radical (unpaired) electrons. The highest BCUT2D eigenvalue weighted by Crippen LogP contribution is 2.50. The van der Waals surface area contributed by atoms with Crippen molar-refractivity contribution in [1.29, 1.82) is 0 Å². The zero-order valence-corrected chi connectivity index (χ0v) is 10.4. The molecule has 2 aliphatic rings. The van der Waals surface area contributed by atoms with Crippen molar-refractivity contribution in [2.75, 3.05) is 13.2 Å². The van der Waals surface area contributed by atoms with Crippen LogP contribution in [-0.4, -0.2) is 36.3 Å². The van der Waals surface area contributed by atoms with Crippen molar-refractivity contribution in [3.63, 3.8) is 0 Å². The zero-order chi connectivity index (χ0) is 15.2. The summed E-state index contributed by atoms with van der Waals surface area (Å²) < 4.78 is 80.5. The van der Waals surface area contributed by atoms with Gasteiger partial charge in [-0.2, -0.15) is 26.3 Å². The van der Waals surface area contributed by atoms with E-state index in [2.05, 4.69) is 4.74 Å². The Balaban J connectivity index is 1.91. The standard InChI is InChI=1S/C12H14F6O2/c13-10(14,11(15,16)12(17,18)19)7-20-6-9-3-1-8(5-9)2-4-9/h1,3,8,19H,2,4-7H2. The van der Waals surface area contributed by atoms with Gasteiger partial charge in [0.1, 0.15) is 6.61 Å². The molecule has 8 heteroatoms. The Morgan fingerprint density at radius 1 is 1.20 bits per heavy atom. The molecule has 2 atom stereocenters. The predicted octanol–water partition coefficient (Wildman–Crippen LogP) is 3.22. The van der Waals surface area contributed by atoms with E-state index in [-0.39, 0.29) is 6.61 Å². The van der Waals surface area contributed by atoms with Crippen LogP contribution in [0.15, 0.2) is 12.2 Å². The van der Waals surface area contributed by atoms with Crippen molar-refractivity contribution < 1.29 is 36.2 Å². The van der Waals surface area contributed by atoms with Crippen LogP contribution in [0.25, 0.3) is 0 Å². The third-order valence-electron chi connectivity index (χ3n) is 3.91. The Labute approximate surface area is 111 Å². The second-order valence-corrected chi connectivity index (χ2v) is 5.54. The summed E-state index contributed by atoms with van der Waals surface area (Å²) in [6, 6.07) is 0. The maximum absolute atomic E-state index is 13.1. The van der Waals surface area contributed by atoms with Crippen LogP contribution in [-0.2, 0) is 4.74 Å². The lowest BCUT2D eigenvalue weighted by atomic mass is 9.89. The minimum Gasteiger partial charge on any atom is -0.374 e. The number of fused-ring (bicyclic) bond motifs is 2. The molecular weight excluding hydrogens is 290 g/mol. The van der Waals surface area contributed by atoms with Gasteiger partial charge in [0.15, 0.2) is 0 Å². The number of hydrogen-bond acceptors (Lipinski definition) is 2. The van der Waals surface area contributed by atoms with Crippen molar-refractivity contribution >= 4 is 0 Å². The maximum atomic E-state index is 13.1. The molecule has 0 heterocycles. The summed E-state index contributed by atoms with van der Waals surface area (Å²) in [4.78, 5) is 0. The first-order valence-corrected chi connectivity index (χ1v) is 6.12. The summed E-state index contributed by atoms with van der Waals surface area (Å²) in [6.07, 6.45) is 0.196. The molecule has 0 spiro atoms. The van der Waals surface area contributed by atoms with Crippen LogP contribution in [0.4, 0.5) is 26.3 Å². The molecule has 1 fully saturated rings. The molecule has 2 unspecified atom stereocenters. The first kappa shape index (κ1) is 15.6. The largest absolute Gasteiger partial charge is 0.423 e. The van der Waals surface area contributed by atoms with E-state index in [1.165, 1.54) is 0 Å². The highest BCUT2D eigenvalue weighted by molar-refractivity contribution is 5.15. The van der Waals surface area contributed by atoms with E-state index in [9.17, 15) is 26.3 Å².